The van der Waals surface area contributed by atoms with Crippen molar-refractivity contribution in [2.24, 2.45) is 5.92 Å². The fourth-order valence-corrected chi connectivity index (χ4v) is 2.38. The zero-order valence-corrected chi connectivity index (χ0v) is 10.2. The average Bonchev–Trinajstić information content (AvgIpc) is 2.88. The number of Topliss-reactive ketones (excluding diaryl/α,β-unsaturated/α-hetero) is 1. The Hall–Kier alpha value is -0.780. The van der Waals surface area contributed by atoms with Crippen LogP contribution in [0.4, 0.5) is 0 Å². The van der Waals surface area contributed by atoms with Crippen LogP contribution in [0.15, 0.2) is 10.9 Å². The smallest absolute Gasteiger partial charge is 0.152 e. The van der Waals surface area contributed by atoms with Crippen LogP contribution < -0.4 is 0 Å². The van der Waals surface area contributed by atoms with Gasteiger partial charge in [0.2, 0.25) is 0 Å². The van der Waals surface area contributed by atoms with Crippen LogP contribution in [-0.2, 0) is 16.1 Å². The molecule has 0 amide bonds. The second-order valence-corrected chi connectivity index (χ2v) is 4.90. The lowest BCUT2D eigenvalue weighted by molar-refractivity contribution is -0.123. The standard InChI is InChI=1S/C11H16N2O2S/c1-13(4-10-7-16-8-12-10)5-11(14)9-2-3-15-6-9/h7-9H,2-6H2,1H3. The first-order valence-electron chi connectivity index (χ1n) is 5.42. The minimum absolute atomic E-state index is 0.109. The summed E-state index contributed by atoms with van der Waals surface area (Å²) in [5.74, 6) is 0.396. The second kappa shape index (κ2) is 5.52. The first kappa shape index (κ1) is 11.7. The number of aromatic nitrogens is 1. The summed E-state index contributed by atoms with van der Waals surface area (Å²) in [6.45, 7) is 2.56. The predicted octanol–water partition coefficient (Wildman–Crippen LogP) is 1.18. The fraction of sp³-hybridized carbons (Fsp3) is 0.636. The third kappa shape index (κ3) is 3.10. The highest BCUT2D eigenvalue weighted by atomic mass is 32.1. The van der Waals surface area contributed by atoms with E-state index in [1.54, 1.807) is 11.3 Å². The summed E-state index contributed by atoms with van der Waals surface area (Å²) in [6, 6.07) is 0. The summed E-state index contributed by atoms with van der Waals surface area (Å²) >= 11 is 1.58. The van der Waals surface area contributed by atoms with E-state index in [0.717, 1.165) is 25.3 Å². The normalized spacial score (nSPS) is 20.5. The molecule has 88 valence electrons. The van der Waals surface area contributed by atoms with E-state index >= 15 is 0 Å². The molecule has 0 N–H and O–H groups in total. The lowest BCUT2D eigenvalue weighted by Crippen LogP contribution is -2.30. The summed E-state index contributed by atoms with van der Waals surface area (Å²) in [7, 11) is 1.95. The van der Waals surface area contributed by atoms with Gasteiger partial charge in [0.1, 0.15) is 0 Å². The topological polar surface area (TPSA) is 42.4 Å². The van der Waals surface area contributed by atoms with Crippen LogP contribution in [0.5, 0.6) is 0 Å². The molecule has 1 aromatic rings. The summed E-state index contributed by atoms with van der Waals surface area (Å²) < 4.78 is 5.22. The highest BCUT2D eigenvalue weighted by molar-refractivity contribution is 7.07. The summed E-state index contributed by atoms with van der Waals surface area (Å²) in [5, 5.41) is 2.01. The van der Waals surface area contributed by atoms with Gasteiger partial charge in [-0.25, -0.2) is 4.98 Å². The van der Waals surface area contributed by atoms with Crippen LogP contribution in [0.3, 0.4) is 0 Å². The lowest BCUT2D eigenvalue weighted by Gasteiger charge is -2.16. The van der Waals surface area contributed by atoms with E-state index in [1.165, 1.54) is 0 Å². The number of carbonyl (C=O) groups excluding carboxylic acids is 1. The van der Waals surface area contributed by atoms with Crippen LogP contribution in [0, 0.1) is 5.92 Å². The van der Waals surface area contributed by atoms with Gasteiger partial charge in [0.25, 0.3) is 0 Å². The monoisotopic (exact) mass is 240 g/mol. The number of hydrogen-bond acceptors (Lipinski definition) is 5. The molecule has 1 aromatic heterocycles. The van der Waals surface area contributed by atoms with Gasteiger partial charge in [0.15, 0.2) is 5.78 Å². The van der Waals surface area contributed by atoms with E-state index in [1.807, 2.05) is 22.8 Å². The van der Waals surface area contributed by atoms with E-state index < -0.39 is 0 Å². The second-order valence-electron chi connectivity index (χ2n) is 4.18. The van der Waals surface area contributed by atoms with Crippen LogP contribution in [-0.4, -0.2) is 42.5 Å². The van der Waals surface area contributed by atoms with Gasteiger partial charge >= 0.3 is 0 Å². The van der Waals surface area contributed by atoms with Gasteiger partial charge in [0.05, 0.1) is 24.4 Å². The Morgan fingerprint density at radius 2 is 2.62 bits per heavy atom. The molecule has 0 saturated carbocycles. The minimum atomic E-state index is 0.109. The maximum atomic E-state index is 11.8. The number of ether oxygens (including phenoxy) is 1. The molecule has 0 aromatic carbocycles. The van der Waals surface area contributed by atoms with Crippen LogP contribution in [0.25, 0.3) is 0 Å². The van der Waals surface area contributed by atoms with Crippen molar-refractivity contribution in [2.75, 3.05) is 26.8 Å². The van der Waals surface area contributed by atoms with Gasteiger partial charge in [-0.2, -0.15) is 0 Å². The first-order valence-corrected chi connectivity index (χ1v) is 6.36. The van der Waals surface area contributed by atoms with Crippen LogP contribution in [0.2, 0.25) is 0 Å². The molecule has 1 aliphatic heterocycles. The van der Waals surface area contributed by atoms with Gasteiger partial charge in [-0.05, 0) is 13.5 Å². The fourth-order valence-electron chi connectivity index (χ4n) is 1.83. The van der Waals surface area contributed by atoms with Gasteiger partial charge in [-0.3, -0.25) is 9.69 Å². The van der Waals surface area contributed by atoms with Crippen molar-refractivity contribution in [3.63, 3.8) is 0 Å². The highest BCUT2D eigenvalue weighted by Gasteiger charge is 2.24. The molecule has 1 atom stereocenters. The first-order chi connectivity index (χ1) is 7.75. The number of ketones is 1. The molecule has 0 spiro atoms. The number of carbonyl (C=O) groups is 1. The van der Waals surface area contributed by atoms with E-state index in [2.05, 4.69) is 4.98 Å². The molecule has 1 aliphatic rings. The molecule has 1 unspecified atom stereocenters. The van der Waals surface area contributed by atoms with Crippen molar-refractivity contribution in [2.45, 2.75) is 13.0 Å². The predicted molar refractivity (Wildman–Crippen MR) is 62.4 cm³/mol. The molecule has 4 nitrogen and oxygen atoms in total. The van der Waals surface area contributed by atoms with E-state index in [0.29, 0.717) is 13.2 Å². The zero-order valence-electron chi connectivity index (χ0n) is 9.39. The minimum Gasteiger partial charge on any atom is -0.381 e. The van der Waals surface area contributed by atoms with Gasteiger partial charge in [-0.15, -0.1) is 11.3 Å². The Bertz CT molecular complexity index is 334. The Balaban J connectivity index is 1.78. The van der Waals surface area contributed by atoms with Crippen LogP contribution >= 0.6 is 11.3 Å². The van der Waals surface area contributed by atoms with Crippen molar-refractivity contribution in [3.8, 4) is 0 Å². The van der Waals surface area contributed by atoms with E-state index in [4.69, 9.17) is 4.74 Å². The number of nitrogens with zero attached hydrogens (tertiary/aromatic N) is 2. The molecule has 2 rings (SSSR count). The van der Waals surface area contributed by atoms with Crippen molar-refractivity contribution in [1.29, 1.82) is 0 Å². The molecule has 0 aliphatic carbocycles. The SMILES string of the molecule is CN(CC(=O)C1CCOC1)Cc1cscn1. The maximum absolute atomic E-state index is 11.8. The molecule has 1 saturated heterocycles. The van der Waals surface area contributed by atoms with Crippen LogP contribution in [0.1, 0.15) is 12.1 Å². The Morgan fingerprint density at radius 3 is 3.25 bits per heavy atom. The van der Waals surface area contributed by atoms with E-state index in [-0.39, 0.29) is 11.7 Å². The maximum Gasteiger partial charge on any atom is 0.152 e. The molecule has 1 fully saturated rings. The number of thiazole rings is 1. The zero-order chi connectivity index (χ0) is 11.4. The Labute approximate surface area is 99.2 Å². The quantitative estimate of drug-likeness (QED) is 0.775. The molecule has 0 bridgehead atoms. The number of likely N-dealkylation sites (N-methyl/N-ethyl adjacent to an activating group) is 1. The van der Waals surface area contributed by atoms with Gasteiger partial charge < -0.3 is 4.74 Å². The van der Waals surface area contributed by atoms with Crippen molar-refractivity contribution < 1.29 is 9.53 Å². The Morgan fingerprint density at radius 1 is 1.75 bits per heavy atom. The van der Waals surface area contributed by atoms with Gasteiger partial charge in [0, 0.05) is 24.4 Å². The molecule has 2 heterocycles. The molecule has 5 heteroatoms. The number of rotatable bonds is 5. The van der Waals surface area contributed by atoms with Crippen molar-refractivity contribution in [1.82, 2.24) is 9.88 Å². The largest absolute Gasteiger partial charge is 0.381 e. The van der Waals surface area contributed by atoms with Crippen molar-refractivity contribution in [3.05, 3.63) is 16.6 Å². The molecular formula is C11H16N2O2S. The molecule has 16 heavy (non-hydrogen) atoms. The Kier molecular flexibility index (Phi) is 4.04. The van der Waals surface area contributed by atoms with Crippen molar-refractivity contribution >= 4 is 17.1 Å². The average molecular weight is 240 g/mol. The third-order valence-corrected chi connectivity index (χ3v) is 3.36. The molecular weight excluding hydrogens is 224 g/mol. The summed E-state index contributed by atoms with van der Waals surface area (Å²) in [5.41, 5.74) is 2.85. The third-order valence-electron chi connectivity index (χ3n) is 2.73. The van der Waals surface area contributed by atoms with E-state index in [9.17, 15) is 4.79 Å². The van der Waals surface area contributed by atoms with Gasteiger partial charge in [-0.1, -0.05) is 0 Å². The summed E-state index contributed by atoms with van der Waals surface area (Å²) in [4.78, 5) is 18.1. The molecule has 0 radical (unpaired) electrons. The number of hydrogen-bond donors (Lipinski definition) is 0. The highest BCUT2D eigenvalue weighted by Crippen LogP contribution is 2.14. The lowest BCUT2D eigenvalue weighted by atomic mass is 10.0. The summed E-state index contributed by atoms with van der Waals surface area (Å²) in [6.07, 6.45) is 0.878.